The molecule has 2 saturated heterocycles. The summed E-state index contributed by atoms with van der Waals surface area (Å²) in [5.74, 6) is -1.40. The zero-order valence-corrected chi connectivity index (χ0v) is 17.0. The zero-order valence-electron chi connectivity index (χ0n) is 16.2. The van der Waals surface area contributed by atoms with Crippen LogP contribution < -0.4 is 5.32 Å². The molecule has 2 aliphatic heterocycles. The number of carbonyl (C=O) groups excluding carboxylic acids is 2. The molecule has 2 heterocycles. The minimum Gasteiger partial charge on any atom is -0.352 e. The number of nitrogens with zero attached hydrogens (tertiary/aromatic N) is 2. The van der Waals surface area contributed by atoms with Gasteiger partial charge >= 0.3 is 0 Å². The molecule has 0 aliphatic carbocycles. The lowest BCUT2D eigenvalue weighted by Crippen LogP contribution is -2.61. The van der Waals surface area contributed by atoms with Crippen molar-refractivity contribution in [3.8, 4) is 0 Å². The number of sulfonamides is 1. The Morgan fingerprint density at radius 1 is 1.07 bits per heavy atom. The molecule has 0 spiro atoms. The highest BCUT2D eigenvalue weighted by Crippen LogP contribution is 2.29. The lowest BCUT2D eigenvalue weighted by molar-refractivity contribution is -0.132. The van der Waals surface area contributed by atoms with E-state index in [2.05, 4.69) is 5.32 Å². The highest BCUT2D eigenvalue weighted by Gasteiger charge is 2.45. The normalized spacial score (nSPS) is 20.2. The molecule has 2 amide bonds. The first-order valence-electron chi connectivity index (χ1n) is 9.71. The second-order valence-corrected chi connectivity index (χ2v) is 9.52. The molecule has 0 aromatic heterocycles. The number of likely N-dealkylation sites (tertiary alicyclic amines) is 1. The Hall–Kier alpha value is -2.78. The monoisotopic (exact) mass is 431 g/mol. The predicted octanol–water partition coefficient (Wildman–Crippen LogP) is 1.36. The van der Waals surface area contributed by atoms with Gasteiger partial charge in [-0.25, -0.2) is 12.8 Å². The van der Waals surface area contributed by atoms with E-state index in [0.29, 0.717) is 6.54 Å². The van der Waals surface area contributed by atoms with Crippen LogP contribution in [0.15, 0.2) is 59.5 Å². The van der Waals surface area contributed by atoms with E-state index in [9.17, 15) is 22.4 Å². The Labute approximate surface area is 174 Å². The number of benzene rings is 2. The number of nitrogens with one attached hydrogen (secondary N) is 1. The van der Waals surface area contributed by atoms with Crippen LogP contribution in [0.3, 0.4) is 0 Å². The minimum atomic E-state index is -3.80. The largest absolute Gasteiger partial charge is 0.352 e. The molecule has 30 heavy (non-hydrogen) atoms. The Morgan fingerprint density at radius 2 is 1.80 bits per heavy atom. The van der Waals surface area contributed by atoms with Crippen LogP contribution in [-0.4, -0.2) is 55.1 Å². The molecule has 1 N–H and O–H groups in total. The third kappa shape index (κ3) is 4.08. The summed E-state index contributed by atoms with van der Waals surface area (Å²) in [7, 11) is -3.80. The van der Waals surface area contributed by atoms with Gasteiger partial charge in [-0.15, -0.1) is 0 Å². The maximum absolute atomic E-state index is 13.4. The third-order valence-electron chi connectivity index (χ3n) is 5.54. The van der Waals surface area contributed by atoms with Gasteiger partial charge in [-0.2, -0.15) is 4.31 Å². The van der Waals surface area contributed by atoms with Crippen LogP contribution in [0.4, 0.5) is 4.39 Å². The fraction of sp³-hybridized carbons (Fsp3) is 0.333. The number of hydrogen-bond donors (Lipinski definition) is 1. The van der Waals surface area contributed by atoms with E-state index in [4.69, 9.17) is 0 Å². The fourth-order valence-corrected chi connectivity index (χ4v) is 5.32. The molecule has 4 rings (SSSR count). The Morgan fingerprint density at radius 3 is 2.50 bits per heavy atom. The first-order chi connectivity index (χ1) is 14.3. The van der Waals surface area contributed by atoms with Gasteiger partial charge in [0.25, 0.3) is 0 Å². The second kappa shape index (κ2) is 8.16. The van der Waals surface area contributed by atoms with Crippen LogP contribution in [-0.2, 0) is 26.2 Å². The predicted molar refractivity (Wildman–Crippen MR) is 107 cm³/mol. The van der Waals surface area contributed by atoms with Crippen LogP contribution in [0.25, 0.3) is 0 Å². The van der Waals surface area contributed by atoms with E-state index in [1.165, 1.54) is 22.5 Å². The molecular weight excluding hydrogens is 409 g/mol. The van der Waals surface area contributed by atoms with Crippen LogP contribution in [0.2, 0.25) is 0 Å². The summed E-state index contributed by atoms with van der Waals surface area (Å²) in [4.78, 5) is 26.3. The number of carbonyl (C=O) groups is 2. The van der Waals surface area contributed by atoms with Gasteiger partial charge in [0, 0.05) is 32.6 Å². The minimum absolute atomic E-state index is 0.105. The van der Waals surface area contributed by atoms with Gasteiger partial charge in [0.1, 0.15) is 5.82 Å². The molecule has 158 valence electrons. The summed E-state index contributed by atoms with van der Waals surface area (Å²) < 4.78 is 39.8. The Balaban J connectivity index is 1.32. The topological polar surface area (TPSA) is 86.8 Å². The average molecular weight is 431 g/mol. The summed E-state index contributed by atoms with van der Waals surface area (Å²) >= 11 is 0. The standard InChI is InChI=1S/C21H22FN3O4S/c22-17-7-4-8-19(10-17)30(28,29)24-13-18(14-24)25-12-16(9-20(25)26)21(27)23-11-15-5-2-1-3-6-15/h1-8,10,16,18H,9,11-14H2,(H,23,27). The molecule has 0 saturated carbocycles. The summed E-state index contributed by atoms with van der Waals surface area (Å²) in [6, 6.07) is 14.1. The maximum Gasteiger partial charge on any atom is 0.243 e. The van der Waals surface area contributed by atoms with Gasteiger partial charge in [-0.1, -0.05) is 36.4 Å². The van der Waals surface area contributed by atoms with Crippen molar-refractivity contribution in [2.75, 3.05) is 19.6 Å². The molecule has 0 bridgehead atoms. The van der Waals surface area contributed by atoms with Crippen LogP contribution >= 0.6 is 0 Å². The molecule has 9 heteroatoms. The zero-order chi connectivity index (χ0) is 21.3. The summed E-state index contributed by atoms with van der Waals surface area (Å²) in [5.41, 5.74) is 0.976. The first-order valence-corrected chi connectivity index (χ1v) is 11.2. The molecule has 0 radical (unpaired) electrons. The van der Waals surface area contributed by atoms with Crippen molar-refractivity contribution in [3.63, 3.8) is 0 Å². The number of amides is 2. The Kier molecular flexibility index (Phi) is 5.57. The van der Waals surface area contributed by atoms with Crippen LogP contribution in [0.1, 0.15) is 12.0 Å². The SMILES string of the molecule is O=C(NCc1ccccc1)C1CC(=O)N(C2CN(S(=O)(=O)c3cccc(F)c3)C2)C1. The van der Waals surface area contributed by atoms with Crippen molar-refractivity contribution in [2.45, 2.75) is 23.9 Å². The van der Waals surface area contributed by atoms with Gasteiger partial charge in [-0.05, 0) is 23.8 Å². The average Bonchev–Trinajstić information content (AvgIpc) is 3.07. The molecule has 1 unspecified atom stereocenters. The van der Waals surface area contributed by atoms with Crippen molar-refractivity contribution in [3.05, 3.63) is 66.0 Å². The number of hydrogen-bond acceptors (Lipinski definition) is 4. The molecule has 1 atom stereocenters. The maximum atomic E-state index is 13.4. The fourth-order valence-electron chi connectivity index (χ4n) is 3.78. The molecular formula is C21H22FN3O4S. The van der Waals surface area contributed by atoms with Crippen molar-refractivity contribution in [1.82, 2.24) is 14.5 Å². The molecule has 2 fully saturated rings. The highest BCUT2D eigenvalue weighted by molar-refractivity contribution is 7.89. The van der Waals surface area contributed by atoms with Crippen molar-refractivity contribution in [2.24, 2.45) is 5.92 Å². The highest BCUT2D eigenvalue weighted by atomic mass is 32.2. The van der Waals surface area contributed by atoms with E-state index < -0.39 is 21.8 Å². The van der Waals surface area contributed by atoms with Crippen molar-refractivity contribution < 1.29 is 22.4 Å². The summed E-state index contributed by atoms with van der Waals surface area (Å²) in [5, 5.41) is 2.86. The quantitative estimate of drug-likeness (QED) is 0.748. The Bertz CT molecular complexity index is 1050. The summed E-state index contributed by atoms with van der Waals surface area (Å²) in [6.07, 6.45) is 0.119. The van der Waals surface area contributed by atoms with Gasteiger partial charge in [-0.3, -0.25) is 9.59 Å². The van der Waals surface area contributed by atoms with Crippen molar-refractivity contribution in [1.29, 1.82) is 0 Å². The van der Waals surface area contributed by atoms with Gasteiger partial charge in [0.2, 0.25) is 21.8 Å². The van der Waals surface area contributed by atoms with E-state index >= 15 is 0 Å². The van der Waals surface area contributed by atoms with Gasteiger partial charge in [0.05, 0.1) is 16.9 Å². The number of halogens is 1. The van der Waals surface area contributed by atoms with Crippen molar-refractivity contribution >= 4 is 21.8 Å². The van der Waals surface area contributed by atoms with Crippen LogP contribution in [0.5, 0.6) is 0 Å². The second-order valence-electron chi connectivity index (χ2n) is 7.58. The molecule has 7 nitrogen and oxygen atoms in total. The van der Waals surface area contributed by atoms with E-state index in [1.54, 1.807) is 4.90 Å². The smallest absolute Gasteiger partial charge is 0.243 e. The summed E-state index contributed by atoms with van der Waals surface area (Å²) in [6.45, 7) is 0.956. The third-order valence-corrected chi connectivity index (χ3v) is 7.37. The number of rotatable bonds is 6. The van der Waals surface area contributed by atoms with Gasteiger partial charge in [0.15, 0.2) is 0 Å². The van der Waals surface area contributed by atoms with E-state index in [0.717, 1.165) is 11.6 Å². The molecule has 2 aromatic rings. The van der Waals surface area contributed by atoms with E-state index in [1.807, 2.05) is 30.3 Å². The van der Waals surface area contributed by atoms with Crippen LogP contribution in [0, 0.1) is 11.7 Å². The van der Waals surface area contributed by atoms with E-state index in [-0.39, 0.29) is 48.8 Å². The molecule has 2 aromatic carbocycles. The molecule has 2 aliphatic rings. The lowest BCUT2D eigenvalue weighted by Gasteiger charge is -2.42. The lowest BCUT2D eigenvalue weighted by atomic mass is 10.1. The first kappa shape index (κ1) is 20.5. The van der Waals surface area contributed by atoms with Gasteiger partial charge < -0.3 is 10.2 Å².